The van der Waals surface area contributed by atoms with Gasteiger partial charge in [-0.3, -0.25) is 14.9 Å². The lowest BCUT2D eigenvalue weighted by atomic mass is 10.1. The lowest BCUT2D eigenvalue weighted by Gasteiger charge is -2.26. The zero-order valence-electron chi connectivity index (χ0n) is 19.5. The van der Waals surface area contributed by atoms with Crippen molar-refractivity contribution in [1.82, 2.24) is 5.32 Å². The third kappa shape index (κ3) is 6.03. The summed E-state index contributed by atoms with van der Waals surface area (Å²) >= 11 is 6.85. The van der Waals surface area contributed by atoms with Crippen LogP contribution in [0.2, 0.25) is 0 Å². The van der Waals surface area contributed by atoms with Crippen LogP contribution in [0.25, 0.3) is 6.08 Å². The second kappa shape index (κ2) is 11.1. The van der Waals surface area contributed by atoms with Crippen molar-refractivity contribution in [2.45, 2.75) is 26.6 Å². The lowest BCUT2D eigenvalue weighted by Crippen LogP contribution is -2.54. The maximum Gasteiger partial charge on any atom is 0.335 e. The largest absolute Gasteiger partial charge is 0.490 e. The fraction of sp³-hybridized carbons (Fsp3) is 0.148. The summed E-state index contributed by atoms with van der Waals surface area (Å²) in [5.41, 5.74) is 1.75. The van der Waals surface area contributed by atoms with Crippen molar-refractivity contribution in [3.05, 3.63) is 92.4 Å². The molecule has 4 rings (SSSR count). The summed E-state index contributed by atoms with van der Waals surface area (Å²) in [5.74, 6) is -0.252. The van der Waals surface area contributed by atoms with E-state index < -0.39 is 17.8 Å². The van der Waals surface area contributed by atoms with Gasteiger partial charge in [-0.05, 0) is 95.5 Å². The molecular weight excluding hydrogens is 592 g/mol. The maximum absolute atomic E-state index is 13.2. The molecular formula is C27H22Br2N2O5. The molecule has 0 atom stereocenters. The van der Waals surface area contributed by atoms with E-state index in [9.17, 15) is 14.4 Å². The first-order valence-electron chi connectivity index (χ1n) is 11.1. The Morgan fingerprint density at radius 3 is 2.28 bits per heavy atom. The Morgan fingerprint density at radius 2 is 1.64 bits per heavy atom. The molecule has 36 heavy (non-hydrogen) atoms. The number of urea groups is 1. The highest BCUT2D eigenvalue weighted by Crippen LogP contribution is 2.29. The second-order valence-electron chi connectivity index (χ2n) is 8.22. The Labute approximate surface area is 225 Å². The van der Waals surface area contributed by atoms with Gasteiger partial charge in [-0.25, -0.2) is 9.69 Å². The number of carbonyl (C=O) groups excluding carboxylic acids is 3. The lowest BCUT2D eigenvalue weighted by molar-refractivity contribution is -0.122. The molecule has 3 aromatic carbocycles. The summed E-state index contributed by atoms with van der Waals surface area (Å²) in [4.78, 5) is 39.1. The number of anilines is 1. The third-order valence-electron chi connectivity index (χ3n) is 5.14. The first-order valence-corrected chi connectivity index (χ1v) is 12.6. The molecule has 1 N–H and O–H groups in total. The van der Waals surface area contributed by atoms with Gasteiger partial charge in [0.05, 0.1) is 16.3 Å². The number of barbiturate groups is 1. The van der Waals surface area contributed by atoms with E-state index in [0.717, 1.165) is 14.9 Å². The van der Waals surface area contributed by atoms with Crippen molar-refractivity contribution < 1.29 is 23.9 Å². The zero-order valence-corrected chi connectivity index (χ0v) is 22.6. The Morgan fingerprint density at radius 1 is 0.944 bits per heavy atom. The zero-order chi connectivity index (χ0) is 25.8. The fourth-order valence-corrected chi connectivity index (χ4v) is 4.21. The predicted octanol–water partition coefficient (Wildman–Crippen LogP) is 6.24. The van der Waals surface area contributed by atoms with Gasteiger partial charge in [0, 0.05) is 4.47 Å². The van der Waals surface area contributed by atoms with Crippen LogP contribution in [-0.2, 0) is 16.2 Å². The Kier molecular flexibility index (Phi) is 7.91. The molecule has 0 saturated carbocycles. The summed E-state index contributed by atoms with van der Waals surface area (Å²) in [7, 11) is 0. The molecule has 0 aromatic heterocycles. The van der Waals surface area contributed by atoms with E-state index in [4.69, 9.17) is 9.47 Å². The number of carbonyl (C=O) groups is 3. The third-order valence-corrected chi connectivity index (χ3v) is 6.29. The van der Waals surface area contributed by atoms with Crippen LogP contribution in [0.1, 0.15) is 25.0 Å². The van der Waals surface area contributed by atoms with E-state index in [-0.39, 0.29) is 11.7 Å². The van der Waals surface area contributed by atoms with Crippen molar-refractivity contribution in [2.24, 2.45) is 0 Å². The Bertz CT molecular complexity index is 1340. The number of hydrogen-bond donors (Lipinski definition) is 1. The van der Waals surface area contributed by atoms with Gasteiger partial charge >= 0.3 is 6.03 Å². The van der Waals surface area contributed by atoms with Crippen LogP contribution in [0, 0.1) is 0 Å². The highest BCUT2D eigenvalue weighted by Gasteiger charge is 2.36. The van der Waals surface area contributed by atoms with Gasteiger partial charge in [-0.2, -0.15) is 0 Å². The highest BCUT2D eigenvalue weighted by atomic mass is 79.9. The Balaban J connectivity index is 1.52. The van der Waals surface area contributed by atoms with Crippen molar-refractivity contribution >= 4 is 61.5 Å². The number of nitrogens with zero attached hydrogens (tertiary/aromatic N) is 1. The molecule has 1 aliphatic rings. The number of imide groups is 2. The highest BCUT2D eigenvalue weighted by molar-refractivity contribution is 9.10. The molecule has 3 aromatic rings. The first-order chi connectivity index (χ1) is 17.2. The minimum atomic E-state index is -0.812. The molecule has 1 fully saturated rings. The summed E-state index contributed by atoms with van der Waals surface area (Å²) in [5, 5.41) is 2.23. The summed E-state index contributed by atoms with van der Waals surface area (Å²) in [6, 6.07) is 18.7. The molecule has 9 heteroatoms. The quantitative estimate of drug-likeness (QED) is 0.252. The van der Waals surface area contributed by atoms with Crippen LogP contribution in [-0.4, -0.2) is 23.9 Å². The normalized spacial score (nSPS) is 14.9. The van der Waals surface area contributed by atoms with Crippen LogP contribution in [0.4, 0.5) is 10.5 Å². The molecule has 0 radical (unpaired) electrons. The van der Waals surface area contributed by atoms with Crippen LogP contribution >= 0.6 is 31.9 Å². The van der Waals surface area contributed by atoms with E-state index in [1.165, 1.54) is 6.08 Å². The summed E-state index contributed by atoms with van der Waals surface area (Å²) in [6.07, 6.45) is 1.44. The Hall–Kier alpha value is -3.43. The molecule has 7 nitrogen and oxygen atoms in total. The standard InChI is InChI=1S/C27H22Br2N2O5/c1-16(2)36-24-12-5-18(14-23(24)29)13-22-25(32)30-27(34)31(26(22)33)20-8-10-21(11-9-20)35-15-17-3-6-19(28)7-4-17/h3-14,16H,15H2,1-2H3,(H,30,32,34)/b22-13+. The van der Waals surface area contributed by atoms with Crippen molar-refractivity contribution in [2.75, 3.05) is 4.90 Å². The topological polar surface area (TPSA) is 84.9 Å². The number of hydrogen-bond acceptors (Lipinski definition) is 5. The first kappa shape index (κ1) is 25.7. The number of benzene rings is 3. The minimum Gasteiger partial charge on any atom is -0.490 e. The van der Waals surface area contributed by atoms with Gasteiger partial charge in [-0.1, -0.05) is 34.1 Å². The average molecular weight is 614 g/mol. The van der Waals surface area contributed by atoms with Crippen LogP contribution in [0.5, 0.6) is 11.5 Å². The molecule has 0 spiro atoms. The van der Waals surface area contributed by atoms with E-state index in [1.807, 2.05) is 38.1 Å². The monoisotopic (exact) mass is 612 g/mol. The molecule has 0 bridgehead atoms. The average Bonchev–Trinajstić information content (AvgIpc) is 2.83. The molecule has 1 heterocycles. The van der Waals surface area contributed by atoms with Crippen LogP contribution < -0.4 is 19.7 Å². The minimum absolute atomic E-state index is 0.00617. The molecule has 0 unspecified atom stereocenters. The van der Waals surface area contributed by atoms with Crippen molar-refractivity contribution in [3.63, 3.8) is 0 Å². The molecule has 1 aliphatic heterocycles. The van der Waals surface area contributed by atoms with Gasteiger partial charge in [-0.15, -0.1) is 0 Å². The maximum atomic E-state index is 13.2. The number of rotatable bonds is 7. The van der Waals surface area contributed by atoms with E-state index in [2.05, 4.69) is 37.2 Å². The van der Waals surface area contributed by atoms with Gasteiger partial charge in [0.15, 0.2) is 0 Å². The molecule has 1 saturated heterocycles. The van der Waals surface area contributed by atoms with Crippen molar-refractivity contribution in [1.29, 1.82) is 0 Å². The van der Waals surface area contributed by atoms with Gasteiger partial charge in [0.2, 0.25) is 0 Å². The molecule has 0 aliphatic carbocycles. The molecule has 4 amide bonds. The van der Waals surface area contributed by atoms with Crippen LogP contribution in [0.15, 0.2) is 81.2 Å². The molecule has 184 valence electrons. The summed E-state index contributed by atoms with van der Waals surface area (Å²) in [6.45, 7) is 4.20. The number of halogens is 2. The fourth-order valence-electron chi connectivity index (χ4n) is 3.45. The van der Waals surface area contributed by atoms with E-state index in [1.54, 1.807) is 42.5 Å². The number of ether oxygens (including phenoxy) is 2. The second-order valence-corrected chi connectivity index (χ2v) is 9.99. The van der Waals surface area contributed by atoms with Gasteiger partial charge in [0.25, 0.3) is 11.8 Å². The smallest absolute Gasteiger partial charge is 0.335 e. The predicted molar refractivity (Wildman–Crippen MR) is 144 cm³/mol. The van der Waals surface area contributed by atoms with E-state index >= 15 is 0 Å². The summed E-state index contributed by atoms with van der Waals surface area (Å²) < 4.78 is 13.2. The van der Waals surface area contributed by atoms with Gasteiger partial charge < -0.3 is 9.47 Å². The number of nitrogens with one attached hydrogen (secondary N) is 1. The van der Waals surface area contributed by atoms with Crippen molar-refractivity contribution in [3.8, 4) is 11.5 Å². The van der Waals surface area contributed by atoms with E-state index in [0.29, 0.717) is 33.8 Å². The number of amides is 4. The van der Waals surface area contributed by atoms with Crippen LogP contribution in [0.3, 0.4) is 0 Å². The van der Waals surface area contributed by atoms with Gasteiger partial charge in [0.1, 0.15) is 23.7 Å². The SMILES string of the molecule is CC(C)Oc1ccc(/C=C2\C(=O)NC(=O)N(c3ccc(OCc4ccc(Br)cc4)cc3)C2=O)cc1Br.